The van der Waals surface area contributed by atoms with E-state index < -0.39 is 0 Å². The Bertz CT molecular complexity index is 1040. The first kappa shape index (κ1) is 18.3. The molecule has 0 bridgehead atoms. The monoisotopic (exact) mass is 370 g/mol. The molecule has 0 aliphatic heterocycles. The normalized spacial score (nSPS) is 12.2. The summed E-state index contributed by atoms with van der Waals surface area (Å²) < 4.78 is 8.24. The fourth-order valence-corrected chi connectivity index (χ4v) is 3.45. The molecule has 0 fully saturated rings. The third-order valence-electron chi connectivity index (χ3n) is 5.35. The van der Waals surface area contributed by atoms with Crippen LogP contribution < -0.4 is 4.74 Å². The summed E-state index contributed by atoms with van der Waals surface area (Å²) in [6, 6.07) is 27.2. The molecule has 1 atom stereocenters. The quantitative estimate of drug-likeness (QED) is 0.388. The largest absolute Gasteiger partial charge is 0.486 e. The smallest absolute Gasteiger partial charge is 0.148 e. The van der Waals surface area contributed by atoms with Crippen LogP contribution >= 0.6 is 0 Å². The van der Waals surface area contributed by atoms with Gasteiger partial charge in [-0.2, -0.15) is 0 Å². The number of para-hydroxylation sites is 3. The lowest BCUT2D eigenvalue weighted by Gasteiger charge is -2.13. The number of hydrogen-bond donors (Lipinski definition) is 0. The molecule has 3 aromatic carbocycles. The van der Waals surface area contributed by atoms with Gasteiger partial charge in [-0.15, -0.1) is 0 Å². The van der Waals surface area contributed by atoms with E-state index in [9.17, 15) is 0 Å². The standard InChI is InChI=1S/C25H26N2O/c1-3-19(2)21-15-13-20(14-16-21)17-27-24-12-8-7-11-23(24)26-25(27)18-28-22-9-5-4-6-10-22/h4-16,19H,3,17-18H2,1-2H3/t19-/m1/s1. The van der Waals surface area contributed by atoms with Crippen molar-refractivity contribution < 1.29 is 4.74 Å². The van der Waals surface area contributed by atoms with E-state index in [1.165, 1.54) is 11.1 Å². The molecular weight excluding hydrogens is 344 g/mol. The van der Waals surface area contributed by atoms with Gasteiger partial charge >= 0.3 is 0 Å². The van der Waals surface area contributed by atoms with E-state index in [2.05, 4.69) is 60.9 Å². The summed E-state index contributed by atoms with van der Waals surface area (Å²) >= 11 is 0. The molecule has 4 rings (SSSR count). The van der Waals surface area contributed by atoms with Crippen molar-refractivity contribution in [3.05, 3.63) is 95.8 Å². The number of aromatic nitrogens is 2. The van der Waals surface area contributed by atoms with Crippen molar-refractivity contribution >= 4 is 11.0 Å². The molecule has 28 heavy (non-hydrogen) atoms. The molecular formula is C25H26N2O. The van der Waals surface area contributed by atoms with E-state index in [1.807, 2.05) is 36.4 Å². The number of imidazole rings is 1. The van der Waals surface area contributed by atoms with Crippen molar-refractivity contribution in [1.82, 2.24) is 9.55 Å². The summed E-state index contributed by atoms with van der Waals surface area (Å²) in [6.45, 7) is 5.74. The summed E-state index contributed by atoms with van der Waals surface area (Å²) in [5.74, 6) is 2.40. The summed E-state index contributed by atoms with van der Waals surface area (Å²) in [7, 11) is 0. The van der Waals surface area contributed by atoms with Crippen LogP contribution in [-0.4, -0.2) is 9.55 Å². The van der Waals surface area contributed by atoms with Crippen LogP contribution in [0.2, 0.25) is 0 Å². The van der Waals surface area contributed by atoms with Crippen LogP contribution in [0.4, 0.5) is 0 Å². The van der Waals surface area contributed by atoms with Crippen LogP contribution in [-0.2, 0) is 13.2 Å². The van der Waals surface area contributed by atoms with Crippen LogP contribution in [0, 0.1) is 0 Å². The molecule has 0 saturated heterocycles. The van der Waals surface area contributed by atoms with E-state index in [1.54, 1.807) is 0 Å². The predicted molar refractivity (Wildman–Crippen MR) is 115 cm³/mol. The first-order valence-electron chi connectivity index (χ1n) is 9.95. The lowest BCUT2D eigenvalue weighted by Crippen LogP contribution is -2.08. The van der Waals surface area contributed by atoms with Crippen molar-refractivity contribution in [1.29, 1.82) is 0 Å². The van der Waals surface area contributed by atoms with Gasteiger partial charge in [0.05, 0.1) is 11.0 Å². The Morgan fingerprint density at radius 2 is 1.61 bits per heavy atom. The molecule has 0 spiro atoms. The minimum atomic E-state index is 0.448. The maximum absolute atomic E-state index is 5.98. The molecule has 0 N–H and O–H groups in total. The minimum Gasteiger partial charge on any atom is -0.486 e. The second-order valence-corrected chi connectivity index (χ2v) is 7.26. The summed E-state index contributed by atoms with van der Waals surface area (Å²) in [5, 5.41) is 0. The van der Waals surface area contributed by atoms with Crippen LogP contribution in [0.25, 0.3) is 11.0 Å². The number of rotatable bonds is 7. The Morgan fingerprint density at radius 3 is 2.36 bits per heavy atom. The average Bonchev–Trinajstić information content (AvgIpc) is 3.10. The van der Waals surface area contributed by atoms with Crippen LogP contribution in [0.15, 0.2) is 78.9 Å². The highest BCUT2D eigenvalue weighted by molar-refractivity contribution is 5.76. The van der Waals surface area contributed by atoms with Crippen molar-refractivity contribution in [2.75, 3.05) is 0 Å². The number of ether oxygens (including phenoxy) is 1. The average molecular weight is 370 g/mol. The van der Waals surface area contributed by atoms with E-state index in [4.69, 9.17) is 9.72 Å². The van der Waals surface area contributed by atoms with Gasteiger partial charge in [-0.05, 0) is 47.7 Å². The highest BCUT2D eigenvalue weighted by Crippen LogP contribution is 2.22. The molecule has 0 unspecified atom stereocenters. The molecule has 0 radical (unpaired) electrons. The lowest BCUT2D eigenvalue weighted by atomic mass is 9.98. The molecule has 0 aliphatic rings. The summed E-state index contributed by atoms with van der Waals surface area (Å²) in [4.78, 5) is 4.82. The Kier molecular flexibility index (Phi) is 5.43. The van der Waals surface area contributed by atoms with Crippen LogP contribution in [0.1, 0.15) is 43.1 Å². The number of nitrogens with zero attached hydrogens (tertiary/aromatic N) is 2. The van der Waals surface area contributed by atoms with Crippen molar-refractivity contribution in [2.24, 2.45) is 0 Å². The zero-order valence-corrected chi connectivity index (χ0v) is 16.5. The van der Waals surface area contributed by atoms with Crippen molar-refractivity contribution in [3.8, 4) is 5.75 Å². The van der Waals surface area contributed by atoms with Gasteiger partial charge in [-0.25, -0.2) is 4.98 Å². The fourth-order valence-electron chi connectivity index (χ4n) is 3.45. The van der Waals surface area contributed by atoms with Gasteiger partial charge in [-0.1, -0.05) is 68.4 Å². The van der Waals surface area contributed by atoms with Gasteiger partial charge in [0.15, 0.2) is 0 Å². The third kappa shape index (κ3) is 3.94. The highest BCUT2D eigenvalue weighted by atomic mass is 16.5. The van der Waals surface area contributed by atoms with Gasteiger partial charge in [0.25, 0.3) is 0 Å². The molecule has 0 amide bonds. The SMILES string of the molecule is CC[C@@H](C)c1ccc(Cn2c(COc3ccccc3)nc3ccccc32)cc1. The molecule has 1 aromatic heterocycles. The Hall–Kier alpha value is -3.07. The van der Waals surface area contributed by atoms with Gasteiger partial charge < -0.3 is 9.30 Å². The van der Waals surface area contributed by atoms with Gasteiger partial charge in [0.2, 0.25) is 0 Å². The number of hydrogen-bond acceptors (Lipinski definition) is 2. The Morgan fingerprint density at radius 1 is 0.893 bits per heavy atom. The lowest BCUT2D eigenvalue weighted by molar-refractivity contribution is 0.291. The molecule has 3 nitrogen and oxygen atoms in total. The summed E-state index contributed by atoms with van der Waals surface area (Å²) in [6.07, 6.45) is 1.16. The van der Waals surface area contributed by atoms with Crippen molar-refractivity contribution in [3.63, 3.8) is 0 Å². The number of fused-ring (bicyclic) bond motifs is 1. The van der Waals surface area contributed by atoms with Gasteiger partial charge in [0.1, 0.15) is 18.2 Å². The van der Waals surface area contributed by atoms with Gasteiger partial charge in [0, 0.05) is 6.54 Å². The third-order valence-corrected chi connectivity index (χ3v) is 5.35. The minimum absolute atomic E-state index is 0.448. The predicted octanol–water partition coefficient (Wildman–Crippen LogP) is 6.18. The summed E-state index contributed by atoms with van der Waals surface area (Å²) in [5.41, 5.74) is 4.82. The first-order chi connectivity index (χ1) is 13.7. The zero-order valence-electron chi connectivity index (χ0n) is 16.5. The zero-order chi connectivity index (χ0) is 19.3. The van der Waals surface area contributed by atoms with Crippen LogP contribution in [0.5, 0.6) is 5.75 Å². The first-order valence-corrected chi connectivity index (χ1v) is 9.95. The molecule has 142 valence electrons. The Balaban J connectivity index is 1.61. The van der Waals surface area contributed by atoms with Crippen LogP contribution in [0.3, 0.4) is 0 Å². The Labute approximate surface area is 166 Å². The molecule has 0 aliphatic carbocycles. The molecule has 3 heteroatoms. The van der Waals surface area contributed by atoms with E-state index in [-0.39, 0.29) is 0 Å². The van der Waals surface area contributed by atoms with E-state index in [0.717, 1.165) is 35.6 Å². The topological polar surface area (TPSA) is 27.1 Å². The van der Waals surface area contributed by atoms with E-state index >= 15 is 0 Å². The van der Waals surface area contributed by atoms with Gasteiger partial charge in [-0.3, -0.25) is 0 Å². The molecule has 4 aromatic rings. The number of benzene rings is 3. The van der Waals surface area contributed by atoms with E-state index in [0.29, 0.717) is 12.5 Å². The maximum Gasteiger partial charge on any atom is 0.148 e. The maximum atomic E-state index is 5.98. The fraction of sp³-hybridized carbons (Fsp3) is 0.240. The molecule has 1 heterocycles. The second kappa shape index (κ2) is 8.30. The highest BCUT2D eigenvalue weighted by Gasteiger charge is 2.12. The van der Waals surface area contributed by atoms with Crippen molar-refractivity contribution in [2.45, 2.75) is 39.3 Å². The second-order valence-electron chi connectivity index (χ2n) is 7.26. The molecule has 0 saturated carbocycles.